The van der Waals surface area contributed by atoms with E-state index in [0.717, 1.165) is 26.1 Å². The summed E-state index contributed by atoms with van der Waals surface area (Å²) in [5.74, 6) is 1.08. The van der Waals surface area contributed by atoms with Crippen LogP contribution >= 0.6 is 57.4 Å². The first kappa shape index (κ1) is 14.4. The van der Waals surface area contributed by atoms with Gasteiger partial charge in [0.1, 0.15) is 5.82 Å². The molecule has 0 radical (unpaired) electrons. The van der Waals surface area contributed by atoms with Crippen LogP contribution in [0.2, 0.25) is 10.0 Å². The molecule has 0 unspecified atom stereocenters. The zero-order chi connectivity index (χ0) is 14.3. The van der Waals surface area contributed by atoms with Crippen LogP contribution in [-0.2, 0) is 5.88 Å². The van der Waals surface area contributed by atoms with Crippen LogP contribution in [0.3, 0.4) is 0 Å². The summed E-state index contributed by atoms with van der Waals surface area (Å²) in [6.07, 6.45) is 0. The van der Waals surface area contributed by atoms with Crippen molar-refractivity contribution in [2.75, 3.05) is 0 Å². The molecule has 0 atom stereocenters. The van der Waals surface area contributed by atoms with Gasteiger partial charge in [0.25, 0.3) is 0 Å². The first-order chi connectivity index (χ1) is 9.60. The molecule has 0 aliphatic rings. The monoisotopic (exact) mass is 436 g/mol. The van der Waals surface area contributed by atoms with Gasteiger partial charge in [-0.15, -0.1) is 11.6 Å². The third-order valence-electron chi connectivity index (χ3n) is 2.95. The van der Waals surface area contributed by atoms with Crippen LogP contribution in [0.25, 0.3) is 16.7 Å². The van der Waals surface area contributed by atoms with Crippen molar-refractivity contribution in [3.05, 3.63) is 55.8 Å². The SMILES string of the molecule is ClCc1nc2cc(Cl)c(Cl)cc2n1-c1cccc(I)c1. The number of rotatable bonds is 2. The number of halogens is 4. The molecule has 0 N–H and O–H groups in total. The minimum absolute atomic E-state index is 0.315. The molecule has 6 heteroatoms. The number of hydrogen-bond donors (Lipinski definition) is 0. The molecule has 0 aliphatic heterocycles. The van der Waals surface area contributed by atoms with Crippen molar-refractivity contribution < 1.29 is 0 Å². The van der Waals surface area contributed by atoms with Crippen molar-refractivity contribution in [1.82, 2.24) is 9.55 Å². The fraction of sp³-hybridized carbons (Fsp3) is 0.0714. The van der Waals surface area contributed by atoms with Crippen molar-refractivity contribution in [2.45, 2.75) is 5.88 Å². The van der Waals surface area contributed by atoms with E-state index in [1.807, 2.05) is 28.8 Å². The van der Waals surface area contributed by atoms with E-state index in [2.05, 4.69) is 33.6 Å². The Kier molecular flexibility index (Phi) is 4.13. The van der Waals surface area contributed by atoms with Gasteiger partial charge in [0.2, 0.25) is 0 Å². The van der Waals surface area contributed by atoms with Crippen molar-refractivity contribution in [3.63, 3.8) is 0 Å². The quantitative estimate of drug-likeness (QED) is 0.373. The standard InChI is InChI=1S/C14H8Cl3IN2/c15-7-14-19-12-5-10(16)11(17)6-13(12)20(14)9-3-1-2-8(18)4-9/h1-6H,7H2. The third kappa shape index (κ3) is 2.52. The zero-order valence-electron chi connectivity index (χ0n) is 10.1. The lowest BCUT2D eigenvalue weighted by Gasteiger charge is -2.08. The first-order valence-electron chi connectivity index (χ1n) is 5.78. The number of benzene rings is 2. The van der Waals surface area contributed by atoms with Gasteiger partial charge in [-0.25, -0.2) is 4.98 Å². The minimum atomic E-state index is 0.315. The summed E-state index contributed by atoms with van der Waals surface area (Å²) in [5.41, 5.74) is 2.69. The smallest absolute Gasteiger partial charge is 0.129 e. The van der Waals surface area contributed by atoms with Gasteiger partial charge in [-0.1, -0.05) is 29.3 Å². The van der Waals surface area contributed by atoms with Crippen LogP contribution < -0.4 is 0 Å². The average molecular weight is 437 g/mol. The molecule has 1 aromatic heterocycles. The highest BCUT2D eigenvalue weighted by molar-refractivity contribution is 14.1. The lowest BCUT2D eigenvalue weighted by Crippen LogP contribution is -1.99. The Hall–Kier alpha value is -0.490. The van der Waals surface area contributed by atoms with Crippen molar-refractivity contribution in [3.8, 4) is 5.69 Å². The predicted octanol–water partition coefficient (Wildman–Crippen LogP) is 5.68. The Balaban J connectivity index is 2.35. The Morgan fingerprint density at radius 2 is 1.85 bits per heavy atom. The molecule has 3 rings (SSSR count). The summed E-state index contributed by atoms with van der Waals surface area (Å²) in [5, 5.41) is 1.000. The van der Waals surface area contributed by atoms with Crippen molar-refractivity contribution >= 4 is 68.4 Å². The molecule has 2 nitrogen and oxygen atoms in total. The van der Waals surface area contributed by atoms with E-state index in [1.165, 1.54) is 0 Å². The van der Waals surface area contributed by atoms with E-state index in [0.29, 0.717) is 15.9 Å². The molecule has 0 spiro atoms. The lowest BCUT2D eigenvalue weighted by atomic mass is 10.2. The average Bonchev–Trinajstić information content (AvgIpc) is 2.77. The zero-order valence-corrected chi connectivity index (χ0v) is 14.5. The number of nitrogens with zero attached hydrogens (tertiary/aromatic N) is 2. The van der Waals surface area contributed by atoms with Gasteiger partial charge in [0.15, 0.2) is 0 Å². The first-order valence-corrected chi connectivity index (χ1v) is 8.15. The molecule has 0 saturated carbocycles. The number of imidazole rings is 1. The summed E-state index contributed by atoms with van der Waals surface area (Å²) in [4.78, 5) is 4.52. The molecule has 102 valence electrons. The Morgan fingerprint density at radius 1 is 1.10 bits per heavy atom. The summed E-state index contributed by atoms with van der Waals surface area (Å²) in [6.45, 7) is 0. The van der Waals surface area contributed by atoms with Gasteiger partial charge in [0.05, 0.1) is 27.0 Å². The maximum Gasteiger partial charge on any atom is 0.129 e. The predicted molar refractivity (Wildman–Crippen MR) is 93.4 cm³/mol. The van der Waals surface area contributed by atoms with Gasteiger partial charge in [0, 0.05) is 9.26 Å². The molecule has 1 heterocycles. The normalized spacial score (nSPS) is 11.2. The number of hydrogen-bond acceptors (Lipinski definition) is 1. The minimum Gasteiger partial charge on any atom is -0.295 e. The van der Waals surface area contributed by atoms with Crippen LogP contribution in [0, 0.1) is 3.57 Å². The van der Waals surface area contributed by atoms with Crippen LogP contribution in [-0.4, -0.2) is 9.55 Å². The second-order valence-corrected chi connectivity index (χ2v) is 6.56. The molecular formula is C14H8Cl3IN2. The second-order valence-electron chi connectivity index (χ2n) is 4.23. The molecule has 0 aliphatic carbocycles. The molecule has 20 heavy (non-hydrogen) atoms. The van der Waals surface area contributed by atoms with Crippen molar-refractivity contribution in [1.29, 1.82) is 0 Å². The maximum absolute atomic E-state index is 6.12. The molecule has 0 amide bonds. The lowest BCUT2D eigenvalue weighted by molar-refractivity contribution is 0.981. The van der Waals surface area contributed by atoms with E-state index in [4.69, 9.17) is 34.8 Å². The second kappa shape index (κ2) is 5.72. The largest absolute Gasteiger partial charge is 0.295 e. The molecular weight excluding hydrogens is 429 g/mol. The fourth-order valence-corrected chi connectivity index (χ4v) is 3.14. The number of fused-ring (bicyclic) bond motifs is 1. The summed E-state index contributed by atoms with van der Waals surface area (Å²) < 4.78 is 3.15. The Bertz CT molecular complexity index is 798. The van der Waals surface area contributed by atoms with Gasteiger partial charge in [-0.05, 0) is 52.9 Å². The van der Waals surface area contributed by atoms with E-state index in [-0.39, 0.29) is 0 Å². The number of alkyl halides is 1. The van der Waals surface area contributed by atoms with Gasteiger partial charge >= 0.3 is 0 Å². The van der Waals surface area contributed by atoms with E-state index in [1.54, 1.807) is 6.07 Å². The van der Waals surface area contributed by atoms with Crippen LogP contribution in [0.4, 0.5) is 0 Å². The van der Waals surface area contributed by atoms with Crippen LogP contribution in [0.15, 0.2) is 36.4 Å². The third-order valence-corrected chi connectivity index (χ3v) is 4.58. The van der Waals surface area contributed by atoms with Crippen LogP contribution in [0.5, 0.6) is 0 Å². The van der Waals surface area contributed by atoms with Crippen molar-refractivity contribution in [2.24, 2.45) is 0 Å². The topological polar surface area (TPSA) is 17.8 Å². The summed E-state index contributed by atoms with van der Waals surface area (Å²) >= 11 is 20.5. The highest BCUT2D eigenvalue weighted by Crippen LogP contribution is 2.30. The van der Waals surface area contributed by atoms with Gasteiger partial charge < -0.3 is 0 Å². The summed E-state index contributed by atoms with van der Waals surface area (Å²) in [7, 11) is 0. The van der Waals surface area contributed by atoms with E-state index >= 15 is 0 Å². The molecule has 0 fully saturated rings. The Labute approximate surface area is 144 Å². The van der Waals surface area contributed by atoms with Gasteiger partial charge in [-0.2, -0.15) is 0 Å². The molecule has 3 aromatic rings. The molecule has 0 saturated heterocycles. The van der Waals surface area contributed by atoms with Crippen LogP contribution in [0.1, 0.15) is 5.82 Å². The number of aromatic nitrogens is 2. The van der Waals surface area contributed by atoms with E-state index in [9.17, 15) is 0 Å². The highest BCUT2D eigenvalue weighted by Gasteiger charge is 2.14. The van der Waals surface area contributed by atoms with Gasteiger partial charge in [-0.3, -0.25) is 4.57 Å². The Morgan fingerprint density at radius 3 is 2.55 bits per heavy atom. The highest BCUT2D eigenvalue weighted by atomic mass is 127. The maximum atomic E-state index is 6.12. The molecule has 2 aromatic carbocycles. The summed E-state index contributed by atoms with van der Waals surface area (Å²) in [6, 6.07) is 11.7. The van der Waals surface area contributed by atoms with E-state index < -0.39 is 0 Å². The fourth-order valence-electron chi connectivity index (χ4n) is 2.12. The molecule has 0 bridgehead atoms.